The van der Waals surface area contributed by atoms with E-state index < -0.39 is 0 Å². The van der Waals surface area contributed by atoms with Crippen LogP contribution < -0.4 is 4.90 Å². The van der Waals surface area contributed by atoms with Crippen LogP contribution in [0.2, 0.25) is 0 Å². The maximum Gasteiger partial charge on any atom is 0.225 e. The molecule has 0 N–H and O–H groups in total. The first kappa shape index (κ1) is 18.8. The number of carbonyl (C=O) groups excluding carboxylic acids is 1. The molecule has 1 heterocycles. The Kier molecular flexibility index (Phi) is 7.54. The molecule has 1 fully saturated rings. The first-order valence-electron chi connectivity index (χ1n) is 9.45. The molecule has 24 heavy (non-hydrogen) atoms. The number of anilines is 1. The van der Waals surface area contributed by atoms with E-state index in [4.69, 9.17) is 0 Å². The van der Waals surface area contributed by atoms with Crippen LogP contribution in [-0.4, -0.2) is 37.0 Å². The van der Waals surface area contributed by atoms with Crippen LogP contribution in [0.5, 0.6) is 0 Å². The summed E-state index contributed by atoms with van der Waals surface area (Å²) in [6.07, 6.45) is 6.01. The lowest BCUT2D eigenvalue weighted by molar-refractivity contribution is -0.136. The Bertz CT molecular complexity index is 504. The molecule has 0 bridgehead atoms. The fourth-order valence-corrected chi connectivity index (χ4v) is 3.36. The summed E-state index contributed by atoms with van der Waals surface area (Å²) in [4.78, 5) is 17.0. The first-order chi connectivity index (χ1) is 11.7. The lowest BCUT2D eigenvalue weighted by Crippen LogP contribution is -2.43. The third-order valence-electron chi connectivity index (χ3n) is 4.91. The molecule has 0 atom stereocenters. The van der Waals surface area contributed by atoms with Crippen molar-refractivity contribution in [3.05, 3.63) is 30.1 Å². The predicted octanol–water partition coefficient (Wildman–Crippen LogP) is 4.47. The van der Waals surface area contributed by atoms with Gasteiger partial charge < -0.3 is 9.80 Å². The molecule has 1 aromatic rings. The van der Waals surface area contributed by atoms with Gasteiger partial charge in [0, 0.05) is 32.1 Å². The SMILES string of the molecule is CCCCN(CCCC)C(=O)C1CCN(c2ccccc2F)CC1. The Morgan fingerprint density at radius 2 is 1.71 bits per heavy atom. The standard InChI is InChI=1S/C20H31FN2O/c1-3-5-13-23(14-6-4-2)20(24)17-11-15-22(16-12-17)19-10-8-7-9-18(19)21/h7-10,17H,3-6,11-16H2,1-2H3. The lowest BCUT2D eigenvalue weighted by Gasteiger charge is -2.35. The monoisotopic (exact) mass is 334 g/mol. The second-order valence-corrected chi connectivity index (χ2v) is 6.75. The van der Waals surface area contributed by atoms with Crippen molar-refractivity contribution in [2.75, 3.05) is 31.1 Å². The van der Waals surface area contributed by atoms with Crippen molar-refractivity contribution in [2.24, 2.45) is 5.92 Å². The summed E-state index contributed by atoms with van der Waals surface area (Å²) >= 11 is 0. The van der Waals surface area contributed by atoms with Gasteiger partial charge in [0.15, 0.2) is 0 Å². The fourth-order valence-electron chi connectivity index (χ4n) is 3.36. The molecule has 1 aliphatic heterocycles. The highest BCUT2D eigenvalue weighted by atomic mass is 19.1. The Labute approximate surface area is 145 Å². The molecule has 3 nitrogen and oxygen atoms in total. The van der Waals surface area contributed by atoms with Gasteiger partial charge in [-0.25, -0.2) is 4.39 Å². The predicted molar refractivity (Wildman–Crippen MR) is 97.7 cm³/mol. The highest BCUT2D eigenvalue weighted by Crippen LogP contribution is 2.26. The van der Waals surface area contributed by atoms with E-state index in [0.29, 0.717) is 11.6 Å². The van der Waals surface area contributed by atoms with Crippen molar-refractivity contribution in [1.82, 2.24) is 4.90 Å². The number of rotatable bonds is 8. The third kappa shape index (κ3) is 4.96. The van der Waals surface area contributed by atoms with E-state index in [1.165, 1.54) is 6.07 Å². The molecule has 1 saturated heterocycles. The summed E-state index contributed by atoms with van der Waals surface area (Å²) in [6, 6.07) is 6.91. The van der Waals surface area contributed by atoms with Crippen LogP contribution in [0.3, 0.4) is 0 Å². The average molecular weight is 334 g/mol. The van der Waals surface area contributed by atoms with Crippen molar-refractivity contribution in [3.63, 3.8) is 0 Å². The quantitative estimate of drug-likeness (QED) is 0.700. The molecule has 0 aromatic heterocycles. The zero-order valence-electron chi connectivity index (χ0n) is 15.1. The van der Waals surface area contributed by atoms with Crippen LogP contribution in [0.25, 0.3) is 0 Å². The number of unbranched alkanes of at least 4 members (excludes halogenated alkanes) is 2. The van der Waals surface area contributed by atoms with Crippen LogP contribution >= 0.6 is 0 Å². The molecule has 0 spiro atoms. The largest absolute Gasteiger partial charge is 0.369 e. The minimum Gasteiger partial charge on any atom is -0.369 e. The number of hydrogen-bond donors (Lipinski definition) is 0. The number of halogens is 1. The number of nitrogens with zero attached hydrogens (tertiary/aromatic N) is 2. The Morgan fingerprint density at radius 1 is 1.12 bits per heavy atom. The minimum atomic E-state index is -0.171. The lowest BCUT2D eigenvalue weighted by atomic mass is 9.94. The summed E-state index contributed by atoms with van der Waals surface area (Å²) in [5.41, 5.74) is 0.664. The topological polar surface area (TPSA) is 23.6 Å². The van der Waals surface area contributed by atoms with E-state index in [0.717, 1.165) is 64.7 Å². The van der Waals surface area contributed by atoms with Gasteiger partial charge in [-0.15, -0.1) is 0 Å². The Morgan fingerprint density at radius 3 is 2.25 bits per heavy atom. The van der Waals surface area contributed by atoms with Crippen LogP contribution in [0.4, 0.5) is 10.1 Å². The van der Waals surface area contributed by atoms with Gasteiger partial charge in [-0.1, -0.05) is 38.8 Å². The summed E-state index contributed by atoms with van der Waals surface area (Å²) in [5.74, 6) is 0.238. The van der Waals surface area contributed by atoms with E-state index in [-0.39, 0.29) is 11.7 Å². The van der Waals surface area contributed by atoms with Gasteiger partial charge in [0.25, 0.3) is 0 Å². The second-order valence-electron chi connectivity index (χ2n) is 6.75. The van der Waals surface area contributed by atoms with Crippen molar-refractivity contribution >= 4 is 11.6 Å². The number of piperidine rings is 1. The molecule has 4 heteroatoms. The summed E-state index contributed by atoms with van der Waals surface area (Å²) < 4.78 is 13.9. The maximum atomic E-state index is 13.9. The number of amides is 1. The molecule has 1 amide bonds. The van der Waals surface area contributed by atoms with Gasteiger partial charge in [-0.2, -0.15) is 0 Å². The third-order valence-corrected chi connectivity index (χ3v) is 4.91. The zero-order chi connectivity index (χ0) is 17.4. The highest BCUT2D eigenvalue weighted by molar-refractivity contribution is 5.79. The fraction of sp³-hybridized carbons (Fsp3) is 0.650. The molecule has 2 rings (SSSR count). The molecule has 0 unspecified atom stereocenters. The van der Waals surface area contributed by atoms with E-state index >= 15 is 0 Å². The average Bonchev–Trinajstić information content (AvgIpc) is 2.62. The van der Waals surface area contributed by atoms with E-state index in [2.05, 4.69) is 23.6 Å². The Balaban J connectivity index is 1.91. The van der Waals surface area contributed by atoms with Gasteiger partial charge >= 0.3 is 0 Å². The van der Waals surface area contributed by atoms with Crippen LogP contribution in [0, 0.1) is 11.7 Å². The summed E-state index contributed by atoms with van der Waals surface area (Å²) in [7, 11) is 0. The number of carbonyl (C=O) groups is 1. The van der Waals surface area contributed by atoms with Crippen molar-refractivity contribution < 1.29 is 9.18 Å². The van der Waals surface area contributed by atoms with Gasteiger partial charge in [0.2, 0.25) is 5.91 Å². The van der Waals surface area contributed by atoms with Crippen molar-refractivity contribution in [1.29, 1.82) is 0 Å². The van der Waals surface area contributed by atoms with Gasteiger partial charge in [-0.3, -0.25) is 4.79 Å². The van der Waals surface area contributed by atoms with Gasteiger partial charge in [0.05, 0.1) is 5.69 Å². The highest BCUT2D eigenvalue weighted by Gasteiger charge is 2.28. The number of hydrogen-bond acceptors (Lipinski definition) is 2. The van der Waals surface area contributed by atoms with Crippen molar-refractivity contribution in [3.8, 4) is 0 Å². The molecule has 0 saturated carbocycles. The molecule has 0 radical (unpaired) electrons. The first-order valence-corrected chi connectivity index (χ1v) is 9.45. The minimum absolute atomic E-state index is 0.0988. The molecule has 1 aromatic carbocycles. The van der Waals surface area contributed by atoms with Crippen LogP contribution in [-0.2, 0) is 4.79 Å². The number of para-hydroxylation sites is 1. The van der Waals surface area contributed by atoms with Gasteiger partial charge in [-0.05, 0) is 37.8 Å². The molecule has 0 aliphatic carbocycles. The van der Waals surface area contributed by atoms with Crippen molar-refractivity contribution in [2.45, 2.75) is 52.4 Å². The molecular weight excluding hydrogens is 303 g/mol. The molecule has 1 aliphatic rings. The van der Waals surface area contributed by atoms with Gasteiger partial charge in [0.1, 0.15) is 5.82 Å². The zero-order valence-corrected chi connectivity index (χ0v) is 15.1. The smallest absolute Gasteiger partial charge is 0.225 e. The Hall–Kier alpha value is -1.58. The van der Waals surface area contributed by atoms with E-state index in [1.54, 1.807) is 6.07 Å². The second kappa shape index (κ2) is 9.65. The molecular formula is C20H31FN2O. The molecule has 134 valence electrons. The normalized spacial score (nSPS) is 15.5. The summed E-state index contributed by atoms with van der Waals surface area (Å²) in [6.45, 7) is 7.59. The van der Waals surface area contributed by atoms with E-state index in [1.807, 2.05) is 12.1 Å². The van der Waals surface area contributed by atoms with Crippen LogP contribution in [0.1, 0.15) is 52.4 Å². The van der Waals surface area contributed by atoms with Crippen LogP contribution in [0.15, 0.2) is 24.3 Å². The van der Waals surface area contributed by atoms with E-state index in [9.17, 15) is 9.18 Å². The number of benzene rings is 1. The summed E-state index contributed by atoms with van der Waals surface area (Å²) in [5, 5.41) is 0. The maximum absolute atomic E-state index is 13.9.